The molecule has 0 atom stereocenters. The van der Waals surface area contributed by atoms with E-state index in [1.807, 2.05) is 19.9 Å². The van der Waals surface area contributed by atoms with Crippen LogP contribution in [0, 0.1) is 0 Å². The average Bonchev–Trinajstić information content (AvgIpc) is 2.63. The number of amides is 1. The molecule has 1 amide bonds. The van der Waals surface area contributed by atoms with E-state index in [1.165, 1.54) is 4.90 Å². The summed E-state index contributed by atoms with van der Waals surface area (Å²) < 4.78 is 0.749. The van der Waals surface area contributed by atoms with E-state index in [2.05, 4.69) is 27.8 Å². The maximum absolute atomic E-state index is 12.1. The zero-order valence-corrected chi connectivity index (χ0v) is 13.2. The molecular formula is C15H17BrN2O2. The highest BCUT2D eigenvalue weighted by Gasteiger charge is 2.37. The van der Waals surface area contributed by atoms with Gasteiger partial charge in [-0.15, -0.1) is 0 Å². The Bertz CT molecular complexity index is 581. The second-order valence-electron chi connectivity index (χ2n) is 5.14. The molecule has 0 unspecified atom stereocenters. The standard InChI is InChI=1S/C15H17BrN2O2/c1-9(2)17-7-10(3)8-18-13-11(14(19)15(18)20)5-4-6-12(13)16/h4-6,9,17H,3,7-8H2,1-2H3. The summed E-state index contributed by atoms with van der Waals surface area (Å²) in [6.45, 7) is 9.03. The zero-order valence-electron chi connectivity index (χ0n) is 11.6. The third-order valence-electron chi connectivity index (χ3n) is 3.08. The Labute approximate surface area is 127 Å². The molecule has 0 fully saturated rings. The van der Waals surface area contributed by atoms with Crippen LogP contribution in [0.2, 0.25) is 0 Å². The fourth-order valence-corrected chi connectivity index (χ4v) is 2.67. The molecule has 5 heteroatoms. The average molecular weight is 337 g/mol. The van der Waals surface area contributed by atoms with Crippen LogP contribution in [-0.2, 0) is 4.79 Å². The molecule has 1 aliphatic heterocycles. The second-order valence-corrected chi connectivity index (χ2v) is 6.00. The molecule has 0 radical (unpaired) electrons. The lowest BCUT2D eigenvalue weighted by molar-refractivity contribution is -0.114. The quantitative estimate of drug-likeness (QED) is 0.664. The van der Waals surface area contributed by atoms with Crippen molar-refractivity contribution in [2.75, 3.05) is 18.0 Å². The van der Waals surface area contributed by atoms with E-state index in [9.17, 15) is 9.59 Å². The molecule has 1 N–H and O–H groups in total. The molecule has 0 saturated heterocycles. The number of nitrogens with one attached hydrogen (secondary N) is 1. The number of carbonyl (C=O) groups excluding carboxylic acids is 2. The van der Waals surface area contributed by atoms with Gasteiger partial charge in [-0.3, -0.25) is 14.5 Å². The van der Waals surface area contributed by atoms with Gasteiger partial charge in [-0.1, -0.05) is 26.5 Å². The SMILES string of the molecule is C=C(CNC(C)C)CN1C(=O)C(=O)c2cccc(Br)c21. The van der Waals surface area contributed by atoms with Crippen molar-refractivity contribution < 1.29 is 9.59 Å². The molecule has 0 saturated carbocycles. The Morgan fingerprint density at radius 3 is 2.75 bits per heavy atom. The van der Waals surface area contributed by atoms with Gasteiger partial charge in [-0.05, 0) is 33.6 Å². The second kappa shape index (κ2) is 5.89. The van der Waals surface area contributed by atoms with Crippen LogP contribution in [0.25, 0.3) is 0 Å². The number of hydrogen-bond acceptors (Lipinski definition) is 3. The first-order valence-corrected chi connectivity index (χ1v) is 7.26. The molecule has 0 spiro atoms. The number of rotatable bonds is 5. The summed E-state index contributed by atoms with van der Waals surface area (Å²) in [6, 6.07) is 5.61. The van der Waals surface area contributed by atoms with Crippen molar-refractivity contribution in [1.29, 1.82) is 0 Å². The fraction of sp³-hybridized carbons (Fsp3) is 0.333. The van der Waals surface area contributed by atoms with Gasteiger partial charge in [-0.25, -0.2) is 0 Å². The van der Waals surface area contributed by atoms with E-state index in [4.69, 9.17) is 0 Å². The number of carbonyl (C=O) groups is 2. The monoisotopic (exact) mass is 336 g/mol. The van der Waals surface area contributed by atoms with Crippen LogP contribution >= 0.6 is 15.9 Å². The van der Waals surface area contributed by atoms with Crippen molar-refractivity contribution in [3.8, 4) is 0 Å². The number of benzene rings is 1. The minimum absolute atomic E-state index is 0.347. The molecular weight excluding hydrogens is 320 g/mol. The van der Waals surface area contributed by atoms with Gasteiger partial charge in [0.2, 0.25) is 0 Å². The molecule has 2 rings (SSSR count). The number of fused-ring (bicyclic) bond motifs is 1. The van der Waals surface area contributed by atoms with Gasteiger partial charge >= 0.3 is 0 Å². The first kappa shape index (κ1) is 14.9. The number of ketones is 1. The van der Waals surface area contributed by atoms with Gasteiger partial charge in [0.1, 0.15) is 0 Å². The number of para-hydroxylation sites is 1. The number of Topliss-reactive ketones (excluding diaryl/α,β-unsaturated/α-hetero) is 1. The summed E-state index contributed by atoms with van der Waals surface area (Å²) in [4.78, 5) is 25.5. The van der Waals surface area contributed by atoms with Gasteiger partial charge in [0.05, 0.1) is 11.3 Å². The van der Waals surface area contributed by atoms with Crippen molar-refractivity contribution in [2.24, 2.45) is 0 Å². The molecule has 106 valence electrons. The van der Waals surface area contributed by atoms with E-state index in [0.717, 1.165) is 10.0 Å². The molecule has 0 bridgehead atoms. The highest BCUT2D eigenvalue weighted by atomic mass is 79.9. The smallest absolute Gasteiger partial charge is 0.299 e. The molecule has 0 aliphatic carbocycles. The van der Waals surface area contributed by atoms with E-state index in [1.54, 1.807) is 12.1 Å². The summed E-state index contributed by atoms with van der Waals surface area (Å²) in [5, 5.41) is 3.25. The summed E-state index contributed by atoms with van der Waals surface area (Å²) in [5.41, 5.74) is 1.96. The predicted octanol–water partition coefficient (Wildman–Crippen LogP) is 2.53. The normalized spacial score (nSPS) is 14.1. The van der Waals surface area contributed by atoms with Gasteiger partial charge in [0.15, 0.2) is 0 Å². The van der Waals surface area contributed by atoms with Crippen molar-refractivity contribution in [2.45, 2.75) is 19.9 Å². The maximum Gasteiger partial charge on any atom is 0.299 e. The third-order valence-corrected chi connectivity index (χ3v) is 3.72. The van der Waals surface area contributed by atoms with Crippen LogP contribution in [0.3, 0.4) is 0 Å². The molecule has 20 heavy (non-hydrogen) atoms. The highest BCUT2D eigenvalue weighted by Crippen LogP contribution is 2.36. The maximum atomic E-state index is 12.1. The van der Waals surface area contributed by atoms with Crippen LogP contribution < -0.4 is 10.2 Å². The van der Waals surface area contributed by atoms with Crippen LogP contribution in [0.1, 0.15) is 24.2 Å². The number of halogens is 1. The van der Waals surface area contributed by atoms with Crippen LogP contribution in [-0.4, -0.2) is 30.8 Å². The lowest BCUT2D eigenvalue weighted by Crippen LogP contribution is -2.34. The van der Waals surface area contributed by atoms with Gasteiger partial charge < -0.3 is 5.32 Å². The molecule has 1 aromatic carbocycles. The van der Waals surface area contributed by atoms with Crippen LogP contribution in [0.5, 0.6) is 0 Å². The minimum atomic E-state index is -0.488. The van der Waals surface area contributed by atoms with E-state index in [-0.39, 0.29) is 0 Å². The Morgan fingerprint density at radius 1 is 1.40 bits per heavy atom. The summed E-state index contributed by atoms with van der Waals surface area (Å²) in [6.07, 6.45) is 0. The van der Waals surface area contributed by atoms with Gasteiger partial charge in [0.25, 0.3) is 11.7 Å². The summed E-state index contributed by atoms with van der Waals surface area (Å²) >= 11 is 3.40. The van der Waals surface area contributed by atoms with Crippen molar-refractivity contribution in [3.05, 3.63) is 40.4 Å². The topological polar surface area (TPSA) is 49.4 Å². The highest BCUT2D eigenvalue weighted by molar-refractivity contribution is 9.10. The van der Waals surface area contributed by atoms with Gasteiger partial charge in [0, 0.05) is 23.6 Å². The first-order valence-electron chi connectivity index (χ1n) is 6.46. The first-order chi connectivity index (χ1) is 9.41. The Balaban J connectivity index is 2.20. The lowest BCUT2D eigenvalue weighted by atomic mass is 10.1. The van der Waals surface area contributed by atoms with Crippen molar-refractivity contribution in [3.63, 3.8) is 0 Å². The van der Waals surface area contributed by atoms with Crippen LogP contribution in [0.4, 0.5) is 5.69 Å². The Morgan fingerprint density at radius 2 is 2.10 bits per heavy atom. The number of anilines is 1. The predicted molar refractivity (Wildman–Crippen MR) is 83.1 cm³/mol. The van der Waals surface area contributed by atoms with E-state index >= 15 is 0 Å². The van der Waals surface area contributed by atoms with Crippen molar-refractivity contribution >= 4 is 33.3 Å². The van der Waals surface area contributed by atoms with Crippen LogP contribution in [0.15, 0.2) is 34.8 Å². The third kappa shape index (κ3) is 2.83. The number of hydrogen-bond donors (Lipinski definition) is 1. The molecule has 1 heterocycles. The zero-order chi connectivity index (χ0) is 14.9. The minimum Gasteiger partial charge on any atom is -0.311 e. The number of nitrogens with zero attached hydrogens (tertiary/aromatic N) is 1. The largest absolute Gasteiger partial charge is 0.311 e. The molecule has 0 aromatic heterocycles. The van der Waals surface area contributed by atoms with E-state index in [0.29, 0.717) is 30.4 Å². The van der Waals surface area contributed by atoms with Crippen molar-refractivity contribution in [1.82, 2.24) is 5.32 Å². The Kier molecular flexibility index (Phi) is 4.40. The molecule has 1 aromatic rings. The fourth-order valence-electron chi connectivity index (χ4n) is 2.09. The lowest BCUT2D eigenvalue weighted by Gasteiger charge is -2.20. The summed E-state index contributed by atoms with van der Waals surface area (Å²) in [7, 11) is 0. The Hall–Kier alpha value is -1.46. The molecule has 1 aliphatic rings. The van der Waals surface area contributed by atoms with E-state index < -0.39 is 11.7 Å². The summed E-state index contributed by atoms with van der Waals surface area (Å²) in [5.74, 6) is -0.941. The van der Waals surface area contributed by atoms with Gasteiger partial charge in [-0.2, -0.15) is 0 Å². The molecule has 4 nitrogen and oxygen atoms in total.